The second-order valence-electron chi connectivity index (χ2n) is 3.90. The van der Waals surface area contributed by atoms with Crippen LogP contribution in [-0.2, 0) is 4.79 Å². The monoisotopic (exact) mass is 363 g/mol. The van der Waals surface area contributed by atoms with Gasteiger partial charge >= 0.3 is 0 Å². The summed E-state index contributed by atoms with van der Waals surface area (Å²) in [5, 5.41) is 5.80. The van der Waals surface area contributed by atoms with E-state index in [4.69, 9.17) is 0 Å². The number of piperazine rings is 1. The molecule has 2 heterocycles. The number of nitrogens with zero attached hydrogens (tertiary/aromatic N) is 2. The Balaban J connectivity index is 2.37. The maximum atomic E-state index is 11.8. The number of carbonyl (C=O) groups is 1. The summed E-state index contributed by atoms with van der Waals surface area (Å²) in [6, 6.07) is -0.341. The number of halogens is 1. The molecule has 1 unspecified atom stereocenters. The van der Waals surface area contributed by atoms with Crippen molar-refractivity contribution in [2.75, 3.05) is 31.6 Å². The van der Waals surface area contributed by atoms with E-state index in [1.54, 1.807) is 7.05 Å². The van der Waals surface area contributed by atoms with E-state index in [9.17, 15) is 9.59 Å². The van der Waals surface area contributed by atoms with E-state index >= 15 is 0 Å². The summed E-state index contributed by atoms with van der Waals surface area (Å²) in [5.74, 6) is 0.481. The molecule has 0 bridgehead atoms. The molecule has 1 amide bonds. The smallest absolute Gasteiger partial charge is 0.266 e. The van der Waals surface area contributed by atoms with Crippen LogP contribution in [0.25, 0.3) is 0 Å². The lowest BCUT2D eigenvalue weighted by Crippen LogP contribution is -2.58. The van der Waals surface area contributed by atoms with Crippen LogP contribution >= 0.6 is 22.6 Å². The number of anilines is 1. The third-order valence-corrected chi connectivity index (χ3v) is 3.81. The number of aromatic amines is 1. The fraction of sp³-hybridized carbons (Fsp3) is 0.500. The molecule has 0 radical (unpaired) electrons. The zero-order valence-corrected chi connectivity index (χ0v) is 12.0. The highest BCUT2D eigenvalue weighted by atomic mass is 127. The Morgan fingerprint density at radius 3 is 3.17 bits per heavy atom. The first kappa shape index (κ1) is 13.3. The fourth-order valence-corrected chi connectivity index (χ4v) is 2.54. The summed E-state index contributed by atoms with van der Waals surface area (Å²) in [7, 11) is 1.60. The highest BCUT2D eigenvalue weighted by Crippen LogP contribution is 2.19. The Kier molecular flexibility index (Phi) is 4.17. The number of carbonyl (C=O) groups excluding carboxylic acids is 1. The van der Waals surface area contributed by atoms with Crippen LogP contribution in [0.2, 0.25) is 0 Å². The Morgan fingerprint density at radius 1 is 1.67 bits per heavy atom. The van der Waals surface area contributed by atoms with Crippen molar-refractivity contribution < 1.29 is 4.79 Å². The van der Waals surface area contributed by atoms with Crippen molar-refractivity contribution in [3.8, 4) is 0 Å². The lowest BCUT2D eigenvalue weighted by molar-refractivity contribution is -0.122. The standard InChI is InChI=1S/C10H14IN5O2/c1-12-9(17)6-4-13-2-3-16(6)8-7(11)10(18)15-5-14-8/h5-6,13H,2-4H2,1H3,(H,12,17)(H,14,15,18). The largest absolute Gasteiger partial charge is 0.357 e. The second-order valence-corrected chi connectivity index (χ2v) is 4.98. The highest BCUT2D eigenvalue weighted by molar-refractivity contribution is 14.1. The molecule has 18 heavy (non-hydrogen) atoms. The molecule has 7 nitrogen and oxygen atoms in total. The SMILES string of the molecule is CNC(=O)C1CNCCN1c1nc[nH]c(=O)c1I. The van der Waals surface area contributed by atoms with Gasteiger partial charge in [-0.25, -0.2) is 4.98 Å². The number of hydrogen-bond donors (Lipinski definition) is 3. The van der Waals surface area contributed by atoms with Gasteiger partial charge in [0.25, 0.3) is 5.56 Å². The van der Waals surface area contributed by atoms with Crippen molar-refractivity contribution >= 4 is 34.3 Å². The van der Waals surface area contributed by atoms with Gasteiger partial charge in [0.05, 0.1) is 6.33 Å². The van der Waals surface area contributed by atoms with Crippen LogP contribution in [-0.4, -0.2) is 48.6 Å². The first-order chi connectivity index (χ1) is 8.65. The summed E-state index contributed by atoms with van der Waals surface area (Å²) in [4.78, 5) is 32.0. The average molecular weight is 363 g/mol. The van der Waals surface area contributed by atoms with Gasteiger partial charge in [-0.1, -0.05) is 0 Å². The van der Waals surface area contributed by atoms with E-state index in [1.807, 2.05) is 27.5 Å². The lowest BCUT2D eigenvalue weighted by atomic mass is 10.2. The average Bonchev–Trinajstić information content (AvgIpc) is 2.41. The molecule has 1 aliphatic rings. The van der Waals surface area contributed by atoms with Crippen LogP contribution < -0.4 is 21.1 Å². The topological polar surface area (TPSA) is 90.1 Å². The lowest BCUT2D eigenvalue weighted by Gasteiger charge is -2.35. The van der Waals surface area contributed by atoms with Gasteiger partial charge in [0, 0.05) is 26.7 Å². The molecule has 8 heteroatoms. The van der Waals surface area contributed by atoms with Crippen molar-refractivity contribution in [1.29, 1.82) is 0 Å². The first-order valence-electron chi connectivity index (χ1n) is 5.57. The summed E-state index contributed by atoms with van der Waals surface area (Å²) in [5.41, 5.74) is -0.185. The minimum atomic E-state index is -0.341. The molecule has 1 saturated heterocycles. The van der Waals surface area contributed by atoms with E-state index < -0.39 is 0 Å². The molecule has 0 spiro atoms. The van der Waals surface area contributed by atoms with Crippen LogP contribution in [0.4, 0.5) is 5.82 Å². The van der Waals surface area contributed by atoms with Crippen molar-refractivity contribution in [1.82, 2.24) is 20.6 Å². The molecule has 0 aliphatic carbocycles. The second kappa shape index (κ2) is 5.65. The van der Waals surface area contributed by atoms with Gasteiger partial charge in [0.15, 0.2) is 0 Å². The molecule has 1 aliphatic heterocycles. The molecule has 1 aromatic heterocycles. The summed E-state index contributed by atoms with van der Waals surface area (Å²) in [6.45, 7) is 1.95. The first-order valence-corrected chi connectivity index (χ1v) is 6.65. The number of H-pyrrole nitrogens is 1. The molecular weight excluding hydrogens is 349 g/mol. The number of likely N-dealkylation sites (N-methyl/N-ethyl adjacent to an activating group) is 1. The number of rotatable bonds is 2. The van der Waals surface area contributed by atoms with Crippen molar-refractivity contribution in [3.63, 3.8) is 0 Å². The molecule has 3 N–H and O–H groups in total. The van der Waals surface area contributed by atoms with Gasteiger partial charge < -0.3 is 20.5 Å². The van der Waals surface area contributed by atoms with Crippen molar-refractivity contribution in [3.05, 3.63) is 20.3 Å². The summed E-state index contributed by atoms with van der Waals surface area (Å²) in [6.07, 6.45) is 1.36. The molecule has 1 fully saturated rings. The van der Waals surface area contributed by atoms with Crippen LogP contribution in [0.1, 0.15) is 0 Å². The molecule has 98 valence electrons. The third-order valence-electron chi connectivity index (χ3n) is 2.84. The third kappa shape index (κ3) is 2.48. The van der Waals surface area contributed by atoms with E-state index in [0.29, 0.717) is 22.5 Å². The van der Waals surface area contributed by atoms with Crippen LogP contribution in [0.3, 0.4) is 0 Å². The molecule has 0 saturated carbocycles. The normalized spacial score (nSPS) is 19.7. The van der Waals surface area contributed by atoms with Crippen LogP contribution in [0.5, 0.6) is 0 Å². The molecule has 1 aromatic rings. The van der Waals surface area contributed by atoms with E-state index in [1.165, 1.54) is 6.33 Å². The Hall–Kier alpha value is -1.16. The zero-order valence-electron chi connectivity index (χ0n) is 9.86. The molecule has 0 aromatic carbocycles. The summed E-state index contributed by atoms with van der Waals surface area (Å²) >= 11 is 1.95. The Bertz CT molecular complexity index is 503. The van der Waals surface area contributed by atoms with Gasteiger partial charge in [-0.05, 0) is 22.6 Å². The minimum absolute atomic E-state index is 0.0833. The molecule has 2 rings (SSSR count). The van der Waals surface area contributed by atoms with Crippen molar-refractivity contribution in [2.24, 2.45) is 0 Å². The minimum Gasteiger partial charge on any atom is -0.357 e. The van der Waals surface area contributed by atoms with Crippen LogP contribution in [0.15, 0.2) is 11.1 Å². The van der Waals surface area contributed by atoms with Gasteiger partial charge in [-0.3, -0.25) is 9.59 Å². The molecule has 1 atom stereocenters. The van der Waals surface area contributed by atoms with E-state index in [0.717, 1.165) is 6.54 Å². The fourth-order valence-electron chi connectivity index (χ4n) is 1.93. The van der Waals surface area contributed by atoms with E-state index in [-0.39, 0.29) is 17.5 Å². The number of nitrogens with one attached hydrogen (secondary N) is 3. The maximum Gasteiger partial charge on any atom is 0.266 e. The highest BCUT2D eigenvalue weighted by Gasteiger charge is 2.30. The number of hydrogen-bond acceptors (Lipinski definition) is 5. The van der Waals surface area contributed by atoms with Gasteiger partial charge in [-0.2, -0.15) is 0 Å². The zero-order chi connectivity index (χ0) is 13.1. The van der Waals surface area contributed by atoms with Crippen LogP contribution in [0, 0.1) is 3.57 Å². The predicted octanol–water partition coefficient (Wildman–Crippen LogP) is -1.10. The number of aromatic nitrogens is 2. The number of amides is 1. The van der Waals surface area contributed by atoms with E-state index in [2.05, 4.69) is 20.6 Å². The summed E-state index contributed by atoms with van der Waals surface area (Å²) < 4.78 is 0.505. The van der Waals surface area contributed by atoms with Gasteiger partial charge in [-0.15, -0.1) is 0 Å². The Morgan fingerprint density at radius 2 is 2.44 bits per heavy atom. The Labute approximate surface area is 117 Å². The van der Waals surface area contributed by atoms with Gasteiger partial charge in [0.1, 0.15) is 15.4 Å². The van der Waals surface area contributed by atoms with Crippen molar-refractivity contribution in [2.45, 2.75) is 6.04 Å². The predicted molar refractivity (Wildman–Crippen MR) is 75.6 cm³/mol. The quantitative estimate of drug-likeness (QED) is 0.581. The maximum absolute atomic E-state index is 11.8. The van der Waals surface area contributed by atoms with Gasteiger partial charge in [0.2, 0.25) is 5.91 Å². The molecular formula is C10H14IN5O2.